The van der Waals surface area contributed by atoms with Crippen molar-refractivity contribution in [2.75, 3.05) is 48.4 Å². The van der Waals surface area contributed by atoms with Crippen molar-refractivity contribution in [2.45, 2.75) is 25.4 Å². The van der Waals surface area contributed by atoms with E-state index in [0.29, 0.717) is 31.7 Å². The van der Waals surface area contributed by atoms with Gasteiger partial charge in [-0.2, -0.15) is 5.26 Å². The summed E-state index contributed by atoms with van der Waals surface area (Å²) >= 11 is 0. The largest absolute Gasteiger partial charge is 0.387 e. The third-order valence-corrected chi connectivity index (χ3v) is 7.34. The number of aliphatic hydroxyl groups is 1. The van der Waals surface area contributed by atoms with Crippen molar-refractivity contribution in [1.82, 2.24) is 9.97 Å². The van der Waals surface area contributed by atoms with Crippen molar-refractivity contribution in [3.8, 4) is 6.07 Å². The lowest BCUT2D eigenvalue weighted by atomic mass is 10.1. The number of aromatic amines is 1. The summed E-state index contributed by atoms with van der Waals surface area (Å²) in [5, 5.41) is 28.9. The minimum Gasteiger partial charge on any atom is -0.387 e. The maximum atomic E-state index is 10.3. The molecule has 0 bridgehead atoms. The topological polar surface area (TPSA) is 109 Å². The number of nitrogens with zero attached hydrogens (tertiary/aromatic N) is 3. The Labute approximate surface area is 215 Å². The molecule has 0 saturated carbocycles. The summed E-state index contributed by atoms with van der Waals surface area (Å²) in [5.41, 5.74) is 8.30. The Hall–Kier alpha value is -4.06. The molecule has 0 amide bonds. The summed E-state index contributed by atoms with van der Waals surface area (Å²) in [4.78, 5) is 9.96. The molecule has 37 heavy (non-hydrogen) atoms. The lowest BCUT2D eigenvalue weighted by Gasteiger charge is -2.32. The Bertz CT molecular complexity index is 1470. The minimum absolute atomic E-state index is 0.520. The van der Waals surface area contributed by atoms with E-state index in [-0.39, 0.29) is 0 Å². The number of anilines is 4. The molecule has 188 valence electrons. The molecular formula is C29H30N6O2. The summed E-state index contributed by atoms with van der Waals surface area (Å²) in [6, 6.07) is 16.7. The smallest absolute Gasteiger partial charge is 0.104 e. The second kappa shape index (κ2) is 10.1. The van der Waals surface area contributed by atoms with Crippen LogP contribution in [0.2, 0.25) is 0 Å². The molecule has 0 radical (unpaired) electrons. The molecule has 3 heterocycles. The van der Waals surface area contributed by atoms with E-state index in [0.717, 1.165) is 65.5 Å². The SMILES string of the molecule is N#Cc1c(NCCc2c[nH]c3ccccc23)ccc(Nc2ccnc3c2CCC3O)c1N1CCOCC1. The number of nitrogens with one attached hydrogen (secondary N) is 3. The predicted octanol–water partition coefficient (Wildman–Crippen LogP) is 4.65. The summed E-state index contributed by atoms with van der Waals surface area (Å²) < 4.78 is 5.60. The molecule has 1 unspecified atom stereocenters. The van der Waals surface area contributed by atoms with Crippen LogP contribution in [0.1, 0.15) is 34.9 Å². The summed E-state index contributed by atoms with van der Waals surface area (Å²) in [7, 11) is 0. The van der Waals surface area contributed by atoms with Gasteiger partial charge in [-0.1, -0.05) is 18.2 Å². The fraction of sp³-hybridized carbons (Fsp3) is 0.310. The third kappa shape index (κ3) is 4.48. The van der Waals surface area contributed by atoms with E-state index in [4.69, 9.17) is 4.74 Å². The number of morpholine rings is 1. The van der Waals surface area contributed by atoms with Gasteiger partial charge in [0.1, 0.15) is 11.6 Å². The van der Waals surface area contributed by atoms with Gasteiger partial charge in [0.25, 0.3) is 0 Å². The number of aromatic nitrogens is 2. The first-order valence-electron chi connectivity index (χ1n) is 12.8. The zero-order valence-corrected chi connectivity index (χ0v) is 20.6. The molecule has 8 heteroatoms. The zero-order chi connectivity index (χ0) is 25.2. The normalized spacial score (nSPS) is 17.0. The van der Waals surface area contributed by atoms with E-state index >= 15 is 0 Å². The number of rotatable bonds is 7. The van der Waals surface area contributed by atoms with Crippen molar-refractivity contribution in [3.05, 3.63) is 77.2 Å². The Morgan fingerprint density at radius 2 is 1.95 bits per heavy atom. The number of para-hydroxylation sites is 1. The molecule has 1 fully saturated rings. The van der Waals surface area contributed by atoms with Crippen LogP contribution < -0.4 is 15.5 Å². The molecule has 1 aliphatic heterocycles. The first kappa shape index (κ1) is 23.3. The highest BCUT2D eigenvalue weighted by molar-refractivity contribution is 5.87. The molecule has 2 aromatic heterocycles. The van der Waals surface area contributed by atoms with Gasteiger partial charge in [-0.15, -0.1) is 0 Å². The highest BCUT2D eigenvalue weighted by atomic mass is 16.5. The average Bonchev–Trinajstić information content (AvgIpc) is 3.53. The number of ether oxygens (including phenoxy) is 1. The van der Waals surface area contributed by atoms with Crippen LogP contribution in [0.5, 0.6) is 0 Å². The van der Waals surface area contributed by atoms with Crippen LogP contribution in [-0.2, 0) is 17.6 Å². The van der Waals surface area contributed by atoms with E-state index in [9.17, 15) is 10.4 Å². The fourth-order valence-corrected chi connectivity index (χ4v) is 5.48. The molecule has 8 nitrogen and oxygen atoms in total. The summed E-state index contributed by atoms with van der Waals surface area (Å²) in [6.45, 7) is 3.39. The quantitative estimate of drug-likeness (QED) is 0.296. The van der Waals surface area contributed by atoms with Crippen LogP contribution in [0.25, 0.3) is 10.9 Å². The van der Waals surface area contributed by atoms with Crippen molar-refractivity contribution in [2.24, 2.45) is 0 Å². The van der Waals surface area contributed by atoms with E-state index in [1.165, 1.54) is 10.9 Å². The number of hydrogen-bond acceptors (Lipinski definition) is 7. The number of fused-ring (bicyclic) bond motifs is 2. The van der Waals surface area contributed by atoms with Gasteiger partial charge in [-0.25, -0.2) is 0 Å². The molecule has 0 spiro atoms. The molecule has 2 aliphatic rings. The second-order valence-corrected chi connectivity index (χ2v) is 9.53. The van der Waals surface area contributed by atoms with Crippen LogP contribution in [-0.4, -0.2) is 47.9 Å². The van der Waals surface area contributed by atoms with Crippen LogP contribution in [0.15, 0.2) is 54.9 Å². The van der Waals surface area contributed by atoms with Gasteiger partial charge in [-0.3, -0.25) is 4.98 Å². The highest BCUT2D eigenvalue weighted by Gasteiger charge is 2.26. The molecule has 2 aromatic carbocycles. The van der Waals surface area contributed by atoms with Gasteiger partial charge in [0.2, 0.25) is 0 Å². The van der Waals surface area contributed by atoms with E-state index in [1.807, 2.05) is 24.3 Å². The maximum absolute atomic E-state index is 10.3. The van der Waals surface area contributed by atoms with Gasteiger partial charge in [0.05, 0.1) is 42.1 Å². The maximum Gasteiger partial charge on any atom is 0.104 e. The lowest BCUT2D eigenvalue weighted by Crippen LogP contribution is -2.37. The average molecular weight is 495 g/mol. The Kier molecular flexibility index (Phi) is 6.39. The molecular weight excluding hydrogens is 464 g/mol. The van der Waals surface area contributed by atoms with Crippen molar-refractivity contribution in [3.63, 3.8) is 0 Å². The molecule has 1 atom stereocenters. The number of aliphatic hydroxyl groups excluding tert-OH is 1. The number of nitriles is 1. The Morgan fingerprint density at radius 3 is 2.81 bits per heavy atom. The standard InChI is InChI=1S/C29H30N6O2/c30-17-22-24(31-11-9-19-18-33-23-4-2-1-3-20(19)23)6-7-26(29(22)35-13-15-37-16-14-35)34-25-10-12-32-28-21(25)5-8-27(28)36/h1-4,6-7,10,12,18,27,31,33,36H,5,8-9,11,13-16H2,(H,32,34). The molecule has 4 N–H and O–H groups in total. The van der Waals surface area contributed by atoms with Crippen LogP contribution in [0.4, 0.5) is 22.7 Å². The minimum atomic E-state index is -0.520. The number of hydrogen-bond donors (Lipinski definition) is 4. The van der Waals surface area contributed by atoms with E-state index < -0.39 is 6.10 Å². The van der Waals surface area contributed by atoms with Gasteiger partial charge >= 0.3 is 0 Å². The van der Waals surface area contributed by atoms with Gasteiger partial charge in [0, 0.05) is 48.6 Å². The predicted molar refractivity (Wildman–Crippen MR) is 145 cm³/mol. The Balaban J connectivity index is 1.30. The van der Waals surface area contributed by atoms with Crippen molar-refractivity contribution in [1.29, 1.82) is 5.26 Å². The Morgan fingerprint density at radius 1 is 1.11 bits per heavy atom. The van der Waals surface area contributed by atoms with Crippen LogP contribution in [0.3, 0.4) is 0 Å². The first-order valence-corrected chi connectivity index (χ1v) is 12.8. The number of H-pyrrole nitrogens is 1. The molecule has 1 aliphatic carbocycles. The molecule has 4 aromatic rings. The summed E-state index contributed by atoms with van der Waals surface area (Å²) in [5.74, 6) is 0. The monoisotopic (exact) mass is 494 g/mol. The van der Waals surface area contributed by atoms with Gasteiger partial charge < -0.3 is 30.4 Å². The second-order valence-electron chi connectivity index (χ2n) is 9.53. The first-order chi connectivity index (χ1) is 18.2. The molecule has 1 saturated heterocycles. The summed E-state index contributed by atoms with van der Waals surface area (Å²) in [6.07, 6.45) is 5.57. The van der Waals surface area contributed by atoms with Gasteiger partial charge in [-0.05, 0) is 54.7 Å². The van der Waals surface area contributed by atoms with Crippen molar-refractivity contribution >= 4 is 33.7 Å². The lowest BCUT2D eigenvalue weighted by molar-refractivity contribution is 0.123. The number of benzene rings is 2. The van der Waals surface area contributed by atoms with E-state index in [2.05, 4.69) is 56.0 Å². The molecule has 6 rings (SSSR count). The van der Waals surface area contributed by atoms with Crippen LogP contribution >= 0.6 is 0 Å². The zero-order valence-electron chi connectivity index (χ0n) is 20.6. The van der Waals surface area contributed by atoms with Gasteiger partial charge in [0.15, 0.2) is 0 Å². The third-order valence-electron chi connectivity index (χ3n) is 7.34. The van der Waals surface area contributed by atoms with Crippen LogP contribution in [0, 0.1) is 11.3 Å². The van der Waals surface area contributed by atoms with E-state index in [1.54, 1.807) is 6.20 Å². The van der Waals surface area contributed by atoms with Crippen molar-refractivity contribution < 1.29 is 9.84 Å². The number of pyridine rings is 1. The fourth-order valence-electron chi connectivity index (χ4n) is 5.48. The highest BCUT2D eigenvalue weighted by Crippen LogP contribution is 2.40.